The quantitative estimate of drug-likeness (QED) is 0.406. The van der Waals surface area contributed by atoms with Crippen molar-refractivity contribution in [3.63, 3.8) is 0 Å². The summed E-state index contributed by atoms with van der Waals surface area (Å²) in [6, 6.07) is 17.8. The number of likely N-dealkylation sites (tertiary alicyclic amines) is 1. The van der Waals surface area contributed by atoms with Crippen LogP contribution in [0.15, 0.2) is 54.6 Å². The van der Waals surface area contributed by atoms with Crippen molar-refractivity contribution in [1.29, 1.82) is 0 Å². The summed E-state index contributed by atoms with van der Waals surface area (Å²) < 4.78 is 16.5. The highest BCUT2D eigenvalue weighted by atomic mass is 16.6. The lowest BCUT2D eigenvalue weighted by molar-refractivity contribution is -0.148. The monoisotopic (exact) mass is 551 g/mol. The molecular formula is C32H45N3O5. The molecule has 8 heteroatoms. The topological polar surface area (TPSA) is 71.6 Å². The number of hydrogen-bond acceptors (Lipinski definition) is 7. The third kappa shape index (κ3) is 8.88. The fourth-order valence-electron chi connectivity index (χ4n) is 5.36. The highest BCUT2D eigenvalue weighted by Gasteiger charge is 2.27. The molecule has 2 saturated heterocycles. The predicted molar refractivity (Wildman–Crippen MR) is 157 cm³/mol. The molecule has 40 heavy (non-hydrogen) atoms. The smallest absolute Gasteiger partial charge is 0.410 e. The Hall–Kier alpha value is -3.26. The number of hydrogen-bond donors (Lipinski definition) is 0. The Morgan fingerprint density at radius 3 is 2.15 bits per heavy atom. The maximum atomic E-state index is 12.3. The first kappa shape index (κ1) is 29.7. The summed E-state index contributed by atoms with van der Waals surface area (Å²) in [4.78, 5) is 31.5. The first-order valence-corrected chi connectivity index (χ1v) is 14.5. The van der Waals surface area contributed by atoms with Gasteiger partial charge in [0.1, 0.15) is 11.4 Å². The Morgan fingerprint density at radius 1 is 0.900 bits per heavy atom. The number of rotatable bonds is 9. The summed E-state index contributed by atoms with van der Waals surface area (Å²) in [7, 11) is 1.39. The van der Waals surface area contributed by atoms with Crippen molar-refractivity contribution in [3.8, 4) is 5.75 Å². The van der Waals surface area contributed by atoms with Crippen molar-refractivity contribution in [3.05, 3.63) is 60.2 Å². The second-order valence-corrected chi connectivity index (χ2v) is 11.8. The van der Waals surface area contributed by atoms with Gasteiger partial charge in [-0.2, -0.15) is 0 Å². The van der Waals surface area contributed by atoms with Crippen molar-refractivity contribution < 1.29 is 23.8 Å². The molecule has 1 atom stereocenters. The zero-order valence-corrected chi connectivity index (χ0v) is 24.5. The molecule has 2 heterocycles. The zero-order chi connectivity index (χ0) is 28.5. The van der Waals surface area contributed by atoms with Crippen LogP contribution in [0.5, 0.6) is 5.75 Å². The minimum absolute atomic E-state index is 0.183. The first-order valence-electron chi connectivity index (χ1n) is 14.5. The number of anilines is 1. The van der Waals surface area contributed by atoms with Gasteiger partial charge in [0.25, 0.3) is 0 Å². The van der Waals surface area contributed by atoms with Crippen molar-refractivity contribution in [1.82, 2.24) is 9.80 Å². The Bertz CT molecular complexity index is 1070. The van der Waals surface area contributed by atoms with E-state index >= 15 is 0 Å². The van der Waals surface area contributed by atoms with Crippen LogP contribution >= 0.6 is 0 Å². The molecule has 0 radical (unpaired) electrons. The van der Waals surface area contributed by atoms with Gasteiger partial charge in [0.05, 0.1) is 7.11 Å². The molecule has 0 N–H and O–H groups in total. The molecule has 1 amide bonds. The summed E-state index contributed by atoms with van der Waals surface area (Å²) in [5, 5.41) is 0. The number of nitrogens with zero attached hydrogens (tertiary/aromatic N) is 3. The van der Waals surface area contributed by atoms with Crippen LogP contribution in [0.1, 0.15) is 45.6 Å². The molecule has 2 fully saturated rings. The molecule has 0 spiro atoms. The lowest BCUT2D eigenvalue weighted by Crippen LogP contribution is -2.47. The van der Waals surface area contributed by atoms with Gasteiger partial charge in [-0.3, -0.25) is 4.90 Å². The second kappa shape index (κ2) is 13.9. The lowest BCUT2D eigenvalue weighted by Gasteiger charge is -2.38. The van der Waals surface area contributed by atoms with Crippen LogP contribution in [0.2, 0.25) is 0 Å². The van der Waals surface area contributed by atoms with Gasteiger partial charge < -0.3 is 24.0 Å². The number of amides is 1. The largest absolute Gasteiger partial charge is 0.478 e. The van der Waals surface area contributed by atoms with Crippen LogP contribution < -0.4 is 9.64 Å². The molecule has 0 saturated carbocycles. The van der Waals surface area contributed by atoms with Gasteiger partial charge in [0.15, 0.2) is 6.10 Å². The van der Waals surface area contributed by atoms with E-state index in [1.54, 1.807) is 0 Å². The first-order chi connectivity index (χ1) is 19.2. The Kier molecular flexibility index (Phi) is 10.3. The molecule has 4 rings (SSSR count). The second-order valence-electron chi connectivity index (χ2n) is 11.8. The summed E-state index contributed by atoms with van der Waals surface area (Å²) >= 11 is 0. The Labute approximate surface area is 239 Å². The fraction of sp³-hybridized carbons (Fsp3) is 0.562. The SMILES string of the molecule is COC(=O)C(Cc1ccccc1)Oc1ccc(N2CCN(CCC3CCN(C(=O)OC(C)(C)C)CC3)CC2)cc1. The normalized spacial score (nSPS) is 17.8. The van der Waals surface area contributed by atoms with Crippen LogP contribution in [-0.4, -0.2) is 86.5 Å². The lowest BCUT2D eigenvalue weighted by atomic mass is 9.93. The molecule has 0 aromatic heterocycles. The van der Waals surface area contributed by atoms with Gasteiger partial charge in [-0.25, -0.2) is 9.59 Å². The van der Waals surface area contributed by atoms with Gasteiger partial charge in [-0.05, 0) is 82.3 Å². The molecule has 218 valence electrons. The van der Waals surface area contributed by atoms with Crippen molar-refractivity contribution >= 4 is 17.7 Å². The van der Waals surface area contributed by atoms with Gasteiger partial charge in [0.2, 0.25) is 0 Å². The van der Waals surface area contributed by atoms with Crippen molar-refractivity contribution in [2.45, 2.75) is 58.2 Å². The summed E-state index contributed by atoms with van der Waals surface area (Å²) in [5.41, 5.74) is 1.75. The number of carbonyl (C=O) groups is 2. The molecule has 2 aliphatic heterocycles. The van der Waals surface area contributed by atoms with E-state index in [0.717, 1.165) is 64.2 Å². The van der Waals surface area contributed by atoms with E-state index < -0.39 is 11.7 Å². The number of carbonyl (C=O) groups excluding carboxylic acids is 2. The minimum Gasteiger partial charge on any atom is -0.478 e. The van der Waals surface area contributed by atoms with Gasteiger partial charge >= 0.3 is 12.1 Å². The predicted octanol–water partition coefficient (Wildman–Crippen LogP) is 5.01. The number of piperidine rings is 1. The number of esters is 1. The highest BCUT2D eigenvalue weighted by Crippen LogP contribution is 2.25. The van der Waals surface area contributed by atoms with Crippen LogP contribution in [-0.2, 0) is 20.7 Å². The van der Waals surface area contributed by atoms with E-state index in [1.165, 1.54) is 19.2 Å². The van der Waals surface area contributed by atoms with Crippen molar-refractivity contribution in [2.24, 2.45) is 5.92 Å². The molecule has 1 unspecified atom stereocenters. The third-order valence-electron chi connectivity index (χ3n) is 7.70. The van der Waals surface area contributed by atoms with Crippen LogP contribution in [0.25, 0.3) is 0 Å². The number of methoxy groups -OCH3 is 1. The van der Waals surface area contributed by atoms with Crippen LogP contribution in [0.4, 0.5) is 10.5 Å². The molecule has 2 aliphatic rings. The van der Waals surface area contributed by atoms with E-state index in [2.05, 4.69) is 21.9 Å². The average molecular weight is 552 g/mol. The fourth-order valence-corrected chi connectivity index (χ4v) is 5.36. The standard InChI is InChI=1S/C32H45N3O5/c1-32(2,3)40-31(37)35-18-15-25(16-19-35)14-17-33-20-22-34(23-21-33)27-10-12-28(13-11-27)39-29(30(36)38-4)24-26-8-6-5-7-9-26/h5-13,25,29H,14-24H2,1-4H3. The van der Waals surface area contributed by atoms with E-state index in [0.29, 0.717) is 18.1 Å². The van der Waals surface area contributed by atoms with Crippen LogP contribution in [0, 0.1) is 5.92 Å². The summed E-state index contributed by atoms with van der Waals surface area (Å²) in [6.07, 6.45) is 2.87. The number of benzene rings is 2. The van der Waals surface area contributed by atoms with E-state index in [9.17, 15) is 9.59 Å². The third-order valence-corrected chi connectivity index (χ3v) is 7.70. The Morgan fingerprint density at radius 2 is 1.55 bits per heavy atom. The molecule has 8 nitrogen and oxygen atoms in total. The summed E-state index contributed by atoms with van der Waals surface area (Å²) in [5.74, 6) is 0.948. The number of piperazine rings is 1. The Balaban J connectivity index is 1.18. The average Bonchev–Trinajstić information content (AvgIpc) is 2.96. The molecule has 0 aliphatic carbocycles. The number of ether oxygens (including phenoxy) is 3. The minimum atomic E-state index is -0.689. The molecule has 2 aromatic carbocycles. The van der Waals surface area contributed by atoms with Gasteiger partial charge in [-0.15, -0.1) is 0 Å². The van der Waals surface area contributed by atoms with E-state index in [1.807, 2.05) is 68.1 Å². The zero-order valence-electron chi connectivity index (χ0n) is 24.5. The summed E-state index contributed by atoms with van der Waals surface area (Å²) in [6.45, 7) is 12.5. The molecule has 2 aromatic rings. The van der Waals surface area contributed by atoms with E-state index in [-0.39, 0.29) is 12.1 Å². The van der Waals surface area contributed by atoms with Gasteiger partial charge in [0, 0.05) is 51.4 Å². The van der Waals surface area contributed by atoms with Crippen molar-refractivity contribution in [2.75, 3.05) is 57.8 Å². The molecular weight excluding hydrogens is 506 g/mol. The maximum Gasteiger partial charge on any atom is 0.410 e. The maximum absolute atomic E-state index is 12.3. The highest BCUT2D eigenvalue weighted by molar-refractivity contribution is 5.75. The van der Waals surface area contributed by atoms with Crippen LogP contribution in [0.3, 0.4) is 0 Å². The van der Waals surface area contributed by atoms with E-state index in [4.69, 9.17) is 14.2 Å². The molecule has 0 bridgehead atoms. The van der Waals surface area contributed by atoms with Gasteiger partial charge in [-0.1, -0.05) is 30.3 Å².